The fourth-order valence-electron chi connectivity index (χ4n) is 1.55. The molecule has 3 heteroatoms. The van der Waals surface area contributed by atoms with E-state index in [0.29, 0.717) is 5.56 Å². The number of ether oxygens (including phenoxy) is 1. The molecular weight excluding hydrogens is 176 g/mol. The standard InChI is InChI=1S/C11H10N2O/c1-8-7-13-4-3-9(6-12)10(13)5-11(8)14-2/h3-5,7H,1-2H3. The molecule has 0 unspecified atom stereocenters. The Hall–Kier alpha value is -1.95. The van der Waals surface area contributed by atoms with E-state index in [0.717, 1.165) is 16.8 Å². The highest BCUT2D eigenvalue weighted by molar-refractivity contribution is 5.64. The summed E-state index contributed by atoms with van der Waals surface area (Å²) in [5.41, 5.74) is 2.61. The maximum atomic E-state index is 8.85. The third-order valence-electron chi connectivity index (χ3n) is 2.29. The van der Waals surface area contributed by atoms with Crippen LogP contribution in [-0.4, -0.2) is 11.5 Å². The summed E-state index contributed by atoms with van der Waals surface area (Å²) in [7, 11) is 1.63. The first-order valence-electron chi connectivity index (χ1n) is 4.31. The number of nitriles is 1. The minimum Gasteiger partial charge on any atom is -0.496 e. The first-order chi connectivity index (χ1) is 6.76. The molecule has 0 spiro atoms. The van der Waals surface area contributed by atoms with Gasteiger partial charge >= 0.3 is 0 Å². The number of hydrogen-bond acceptors (Lipinski definition) is 2. The van der Waals surface area contributed by atoms with Gasteiger partial charge in [-0.1, -0.05) is 0 Å². The third kappa shape index (κ3) is 1.12. The lowest BCUT2D eigenvalue weighted by atomic mass is 10.2. The number of rotatable bonds is 1. The maximum Gasteiger partial charge on any atom is 0.125 e. The molecule has 0 atom stereocenters. The quantitative estimate of drug-likeness (QED) is 0.684. The fraction of sp³-hybridized carbons (Fsp3) is 0.182. The second-order valence-electron chi connectivity index (χ2n) is 3.16. The Kier molecular flexibility index (Phi) is 1.90. The number of pyridine rings is 1. The molecular formula is C11H10N2O. The van der Waals surface area contributed by atoms with Crippen LogP contribution >= 0.6 is 0 Å². The van der Waals surface area contributed by atoms with Crippen molar-refractivity contribution in [1.29, 1.82) is 5.26 Å². The highest BCUT2D eigenvalue weighted by Crippen LogP contribution is 2.22. The van der Waals surface area contributed by atoms with E-state index in [1.165, 1.54) is 0 Å². The molecule has 0 aliphatic carbocycles. The molecule has 0 aromatic carbocycles. The van der Waals surface area contributed by atoms with Crippen molar-refractivity contribution in [2.45, 2.75) is 6.92 Å². The Labute approximate surface area is 82.2 Å². The summed E-state index contributed by atoms with van der Waals surface area (Å²) in [4.78, 5) is 0. The Morgan fingerprint density at radius 1 is 1.50 bits per heavy atom. The van der Waals surface area contributed by atoms with Crippen molar-refractivity contribution in [3.8, 4) is 11.8 Å². The summed E-state index contributed by atoms with van der Waals surface area (Å²) in [6.45, 7) is 1.98. The monoisotopic (exact) mass is 186 g/mol. The molecule has 0 fully saturated rings. The Morgan fingerprint density at radius 3 is 2.93 bits per heavy atom. The molecule has 2 aromatic rings. The molecule has 3 nitrogen and oxygen atoms in total. The van der Waals surface area contributed by atoms with Gasteiger partial charge in [-0.05, 0) is 13.0 Å². The SMILES string of the molecule is COc1cc2c(C#N)ccn2cc1C. The average Bonchev–Trinajstić information content (AvgIpc) is 2.58. The van der Waals surface area contributed by atoms with Crippen LogP contribution < -0.4 is 4.74 Å². The first-order valence-corrected chi connectivity index (χ1v) is 4.31. The minimum absolute atomic E-state index is 0.670. The van der Waals surface area contributed by atoms with E-state index in [4.69, 9.17) is 10.00 Å². The van der Waals surface area contributed by atoms with Crippen LogP contribution in [0.5, 0.6) is 5.75 Å². The number of nitrogens with zero attached hydrogens (tertiary/aromatic N) is 2. The zero-order valence-electron chi connectivity index (χ0n) is 8.11. The summed E-state index contributed by atoms with van der Waals surface area (Å²) < 4.78 is 7.13. The average molecular weight is 186 g/mol. The Bertz CT molecular complexity index is 520. The molecule has 0 amide bonds. The van der Waals surface area contributed by atoms with Crippen LogP contribution in [0.15, 0.2) is 24.5 Å². The van der Waals surface area contributed by atoms with Gasteiger partial charge in [0.25, 0.3) is 0 Å². The van der Waals surface area contributed by atoms with Crippen LogP contribution in [-0.2, 0) is 0 Å². The van der Waals surface area contributed by atoms with Crippen molar-refractivity contribution in [2.75, 3.05) is 7.11 Å². The van der Waals surface area contributed by atoms with Crippen LogP contribution in [0.25, 0.3) is 5.52 Å². The van der Waals surface area contributed by atoms with E-state index in [2.05, 4.69) is 6.07 Å². The van der Waals surface area contributed by atoms with Crippen molar-refractivity contribution in [3.05, 3.63) is 35.7 Å². The van der Waals surface area contributed by atoms with Crippen LogP contribution in [0.4, 0.5) is 0 Å². The molecule has 2 aromatic heterocycles. The van der Waals surface area contributed by atoms with Crippen LogP contribution in [0.3, 0.4) is 0 Å². The molecule has 0 saturated carbocycles. The molecule has 14 heavy (non-hydrogen) atoms. The lowest BCUT2D eigenvalue weighted by Gasteiger charge is -2.05. The number of fused-ring (bicyclic) bond motifs is 1. The third-order valence-corrected chi connectivity index (χ3v) is 2.29. The predicted octanol–water partition coefficient (Wildman–Crippen LogP) is 2.13. The summed E-state index contributed by atoms with van der Waals surface area (Å²) >= 11 is 0. The summed E-state index contributed by atoms with van der Waals surface area (Å²) in [5, 5.41) is 8.85. The molecule has 70 valence electrons. The van der Waals surface area contributed by atoms with E-state index >= 15 is 0 Å². The lowest BCUT2D eigenvalue weighted by Crippen LogP contribution is -1.91. The number of aromatic nitrogens is 1. The van der Waals surface area contributed by atoms with Gasteiger partial charge in [-0.25, -0.2) is 0 Å². The van der Waals surface area contributed by atoms with Gasteiger partial charge in [0.05, 0.1) is 18.2 Å². The van der Waals surface area contributed by atoms with Gasteiger partial charge in [-0.2, -0.15) is 5.26 Å². The van der Waals surface area contributed by atoms with E-state index in [9.17, 15) is 0 Å². The fourth-order valence-corrected chi connectivity index (χ4v) is 1.55. The van der Waals surface area contributed by atoms with Gasteiger partial charge in [-0.15, -0.1) is 0 Å². The first kappa shape index (κ1) is 8.64. The van der Waals surface area contributed by atoms with Crippen LogP contribution in [0.1, 0.15) is 11.1 Å². The normalized spacial score (nSPS) is 10.1. The summed E-state index contributed by atoms with van der Waals surface area (Å²) in [6, 6.07) is 5.83. The molecule has 0 N–H and O–H groups in total. The Balaban J connectivity index is 2.78. The van der Waals surface area contributed by atoms with Crippen LogP contribution in [0.2, 0.25) is 0 Å². The van der Waals surface area contributed by atoms with E-state index in [-0.39, 0.29) is 0 Å². The van der Waals surface area contributed by atoms with Gasteiger partial charge in [0.2, 0.25) is 0 Å². The Morgan fingerprint density at radius 2 is 2.29 bits per heavy atom. The summed E-state index contributed by atoms with van der Waals surface area (Å²) in [5.74, 6) is 0.813. The summed E-state index contributed by atoms with van der Waals surface area (Å²) in [6.07, 6.45) is 3.83. The molecule has 2 rings (SSSR count). The van der Waals surface area contributed by atoms with Gasteiger partial charge in [0.1, 0.15) is 11.8 Å². The molecule has 0 bridgehead atoms. The van der Waals surface area contributed by atoms with E-state index in [1.54, 1.807) is 13.2 Å². The lowest BCUT2D eigenvalue weighted by molar-refractivity contribution is 0.411. The largest absolute Gasteiger partial charge is 0.496 e. The second-order valence-corrected chi connectivity index (χ2v) is 3.16. The maximum absolute atomic E-state index is 8.85. The predicted molar refractivity (Wildman–Crippen MR) is 53.4 cm³/mol. The zero-order chi connectivity index (χ0) is 10.1. The highest BCUT2D eigenvalue weighted by Gasteiger charge is 2.05. The van der Waals surface area contributed by atoms with E-state index < -0.39 is 0 Å². The van der Waals surface area contributed by atoms with Crippen LogP contribution in [0, 0.1) is 18.3 Å². The number of aryl methyl sites for hydroxylation is 1. The van der Waals surface area contributed by atoms with Gasteiger partial charge < -0.3 is 9.14 Å². The van der Waals surface area contributed by atoms with Crippen molar-refractivity contribution >= 4 is 5.52 Å². The molecule has 0 radical (unpaired) electrons. The minimum atomic E-state index is 0.670. The van der Waals surface area contributed by atoms with Crippen molar-refractivity contribution in [3.63, 3.8) is 0 Å². The number of methoxy groups -OCH3 is 1. The van der Waals surface area contributed by atoms with Gasteiger partial charge in [0.15, 0.2) is 0 Å². The topological polar surface area (TPSA) is 37.4 Å². The molecule has 2 heterocycles. The smallest absolute Gasteiger partial charge is 0.125 e. The van der Waals surface area contributed by atoms with Crippen molar-refractivity contribution < 1.29 is 4.74 Å². The zero-order valence-corrected chi connectivity index (χ0v) is 8.11. The molecule has 0 saturated heterocycles. The number of hydrogen-bond donors (Lipinski definition) is 0. The second kappa shape index (κ2) is 3.08. The van der Waals surface area contributed by atoms with Crippen molar-refractivity contribution in [1.82, 2.24) is 4.40 Å². The van der Waals surface area contributed by atoms with E-state index in [1.807, 2.05) is 29.8 Å². The molecule has 0 aliphatic heterocycles. The van der Waals surface area contributed by atoms with Crippen molar-refractivity contribution in [2.24, 2.45) is 0 Å². The highest BCUT2D eigenvalue weighted by atomic mass is 16.5. The molecule has 0 aliphatic rings. The van der Waals surface area contributed by atoms with Gasteiger partial charge in [-0.3, -0.25) is 0 Å². The van der Waals surface area contributed by atoms with Gasteiger partial charge in [0, 0.05) is 24.0 Å².